The number of nitrogens with zero attached hydrogens (tertiary/aromatic N) is 3. The van der Waals surface area contributed by atoms with E-state index in [0.717, 1.165) is 82.5 Å². The van der Waals surface area contributed by atoms with E-state index < -0.39 is 0 Å². The number of hydrogen-bond donors (Lipinski definition) is 2. The minimum Gasteiger partial charge on any atom is -0.381 e. The molecular formula is C21H36IN5OS. The number of aromatic nitrogens is 1. The highest BCUT2D eigenvalue weighted by Gasteiger charge is 2.31. The predicted octanol–water partition coefficient (Wildman–Crippen LogP) is 3.44. The first-order valence-electron chi connectivity index (χ1n) is 10.5. The van der Waals surface area contributed by atoms with Gasteiger partial charge in [-0.05, 0) is 57.9 Å². The number of ether oxygens (including phenoxy) is 1. The highest BCUT2D eigenvalue weighted by molar-refractivity contribution is 14.0. The van der Waals surface area contributed by atoms with Gasteiger partial charge in [0, 0.05) is 49.3 Å². The van der Waals surface area contributed by atoms with Gasteiger partial charge in [0.25, 0.3) is 0 Å². The summed E-state index contributed by atoms with van der Waals surface area (Å²) in [5.41, 5.74) is 1.08. The molecule has 2 fully saturated rings. The molecule has 6 nitrogen and oxygen atoms in total. The van der Waals surface area contributed by atoms with E-state index in [1.165, 1.54) is 0 Å². The molecule has 0 radical (unpaired) electrons. The lowest BCUT2D eigenvalue weighted by Gasteiger charge is -2.35. The van der Waals surface area contributed by atoms with E-state index in [2.05, 4.69) is 58.8 Å². The number of nitrogens with one attached hydrogen (secondary N) is 2. The normalized spacial score (nSPS) is 20.1. The van der Waals surface area contributed by atoms with E-state index in [-0.39, 0.29) is 28.7 Å². The van der Waals surface area contributed by atoms with Gasteiger partial charge >= 0.3 is 0 Å². The van der Waals surface area contributed by atoms with Crippen molar-refractivity contribution in [2.45, 2.75) is 50.3 Å². The van der Waals surface area contributed by atoms with Crippen molar-refractivity contribution in [1.82, 2.24) is 15.6 Å². The number of aliphatic imine (C=N–C) groups is 1. The van der Waals surface area contributed by atoms with Crippen LogP contribution in [0.5, 0.6) is 0 Å². The Labute approximate surface area is 197 Å². The molecule has 0 aromatic carbocycles. The second kappa shape index (κ2) is 12.2. The second-order valence-electron chi connectivity index (χ2n) is 7.74. The molecule has 2 aliphatic heterocycles. The molecule has 2 aliphatic rings. The van der Waals surface area contributed by atoms with Crippen molar-refractivity contribution in [3.63, 3.8) is 0 Å². The fourth-order valence-electron chi connectivity index (χ4n) is 3.86. The minimum atomic E-state index is 0. The molecule has 2 saturated heterocycles. The Morgan fingerprint density at radius 3 is 2.66 bits per heavy atom. The Kier molecular flexibility index (Phi) is 10.3. The number of pyridine rings is 1. The molecular weight excluding hydrogens is 497 g/mol. The van der Waals surface area contributed by atoms with Crippen molar-refractivity contribution in [3.8, 4) is 0 Å². The Morgan fingerprint density at radius 2 is 2.03 bits per heavy atom. The first-order valence-corrected chi connectivity index (χ1v) is 11.7. The average molecular weight is 534 g/mol. The third-order valence-corrected chi connectivity index (χ3v) is 7.14. The number of thioether (sulfide) groups is 1. The number of rotatable bonds is 6. The van der Waals surface area contributed by atoms with E-state index in [1.807, 2.05) is 11.8 Å². The number of hydrogen-bond acceptors (Lipinski definition) is 5. The molecule has 0 saturated carbocycles. The van der Waals surface area contributed by atoms with Crippen molar-refractivity contribution in [1.29, 1.82) is 0 Å². The zero-order chi connectivity index (χ0) is 19.8. The molecule has 2 N–H and O–H groups in total. The predicted molar refractivity (Wildman–Crippen MR) is 135 cm³/mol. The van der Waals surface area contributed by atoms with Gasteiger partial charge in [0.05, 0.1) is 6.54 Å². The maximum Gasteiger partial charge on any atom is 0.191 e. The van der Waals surface area contributed by atoms with Gasteiger partial charge in [0.1, 0.15) is 5.82 Å². The van der Waals surface area contributed by atoms with Gasteiger partial charge in [0.15, 0.2) is 5.96 Å². The minimum absolute atomic E-state index is 0. The highest BCUT2D eigenvalue weighted by atomic mass is 127. The van der Waals surface area contributed by atoms with E-state index in [4.69, 9.17) is 9.73 Å². The van der Waals surface area contributed by atoms with Crippen molar-refractivity contribution in [3.05, 3.63) is 23.9 Å². The van der Waals surface area contributed by atoms with Crippen LogP contribution in [-0.2, 0) is 4.74 Å². The first-order chi connectivity index (χ1) is 13.6. The van der Waals surface area contributed by atoms with Crippen LogP contribution in [0.4, 0.5) is 5.82 Å². The zero-order valence-electron chi connectivity index (χ0n) is 17.9. The molecule has 0 amide bonds. The van der Waals surface area contributed by atoms with Crippen LogP contribution in [0.3, 0.4) is 0 Å². The smallest absolute Gasteiger partial charge is 0.191 e. The topological polar surface area (TPSA) is 61.8 Å². The van der Waals surface area contributed by atoms with Gasteiger partial charge < -0.3 is 20.3 Å². The van der Waals surface area contributed by atoms with E-state index in [0.29, 0.717) is 6.04 Å². The quantitative estimate of drug-likeness (QED) is 0.332. The van der Waals surface area contributed by atoms with Gasteiger partial charge in [-0.2, -0.15) is 11.8 Å². The second-order valence-corrected chi connectivity index (χ2v) is 9.01. The first kappa shape index (κ1) is 24.5. The molecule has 3 rings (SSSR count). The lowest BCUT2D eigenvalue weighted by atomic mass is 9.99. The van der Waals surface area contributed by atoms with Gasteiger partial charge in [-0.1, -0.05) is 6.07 Å². The number of aryl methyl sites for hydroxylation is 1. The third kappa shape index (κ3) is 7.17. The molecule has 0 unspecified atom stereocenters. The maximum atomic E-state index is 5.55. The summed E-state index contributed by atoms with van der Waals surface area (Å²) in [7, 11) is 0. The van der Waals surface area contributed by atoms with Crippen molar-refractivity contribution in [2.24, 2.45) is 4.99 Å². The van der Waals surface area contributed by atoms with Crippen LogP contribution in [0.2, 0.25) is 0 Å². The zero-order valence-corrected chi connectivity index (χ0v) is 21.1. The molecule has 0 atom stereocenters. The van der Waals surface area contributed by atoms with E-state index >= 15 is 0 Å². The largest absolute Gasteiger partial charge is 0.381 e. The number of piperidine rings is 1. The number of guanidine groups is 1. The summed E-state index contributed by atoms with van der Waals surface area (Å²) in [6, 6.07) is 6.72. The third-order valence-electron chi connectivity index (χ3n) is 5.74. The van der Waals surface area contributed by atoms with E-state index in [1.54, 1.807) is 0 Å². The maximum absolute atomic E-state index is 5.55. The summed E-state index contributed by atoms with van der Waals surface area (Å²) in [5.74, 6) is 2.05. The standard InChI is InChI=1S/C21H35N5OS.HI/c1-4-22-20(23-16-21(28-3)10-14-27-15-11-21)25-18-8-12-26(13-9-18)19-7-5-6-17(2)24-19;/h5-7,18H,4,8-16H2,1-3H3,(H2,22,23,25);1H. The van der Waals surface area contributed by atoms with Crippen molar-refractivity contribution < 1.29 is 4.74 Å². The van der Waals surface area contributed by atoms with Gasteiger partial charge in [-0.3, -0.25) is 4.99 Å². The molecule has 0 bridgehead atoms. The van der Waals surface area contributed by atoms with Crippen molar-refractivity contribution >= 4 is 47.5 Å². The van der Waals surface area contributed by atoms with Crippen LogP contribution in [0.25, 0.3) is 0 Å². The molecule has 3 heterocycles. The van der Waals surface area contributed by atoms with Crippen LogP contribution in [0.15, 0.2) is 23.2 Å². The molecule has 1 aromatic rings. The molecule has 164 valence electrons. The molecule has 29 heavy (non-hydrogen) atoms. The summed E-state index contributed by atoms with van der Waals surface area (Å²) < 4.78 is 5.78. The van der Waals surface area contributed by atoms with Crippen LogP contribution in [-0.4, -0.2) is 67.4 Å². The van der Waals surface area contributed by atoms with Gasteiger partial charge in [-0.25, -0.2) is 4.98 Å². The molecule has 8 heteroatoms. The molecule has 1 aromatic heterocycles. The Bertz CT molecular complexity index is 646. The van der Waals surface area contributed by atoms with Crippen LogP contribution in [0.1, 0.15) is 38.3 Å². The highest BCUT2D eigenvalue weighted by Crippen LogP contribution is 2.34. The summed E-state index contributed by atoms with van der Waals surface area (Å²) >= 11 is 1.94. The summed E-state index contributed by atoms with van der Waals surface area (Å²) in [6.45, 7) is 9.67. The number of anilines is 1. The Morgan fingerprint density at radius 1 is 1.31 bits per heavy atom. The summed E-state index contributed by atoms with van der Waals surface area (Å²) in [6.07, 6.45) is 6.57. The molecule has 0 aliphatic carbocycles. The summed E-state index contributed by atoms with van der Waals surface area (Å²) in [4.78, 5) is 12.0. The fraction of sp³-hybridized carbons (Fsp3) is 0.714. The SMILES string of the molecule is CCNC(=NCC1(SC)CCOCC1)NC1CCN(c2cccc(C)n2)CC1.I. The average Bonchev–Trinajstić information content (AvgIpc) is 2.73. The van der Waals surface area contributed by atoms with Crippen molar-refractivity contribution in [2.75, 3.05) is 50.5 Å². The van der Waals surface area contributed by atoms with Crippen LogP contribution >= 0.6 is 35.7 Å². The summed E-state index contributed by atoms with van der Waals surface area (Å²) in [5, 5.41) is 7.11. The van der Waals surface area contributed by atoms with Gasteiger partial charge in [0.2, 0.25) is 0 Å². The lowest BCUT2D eigenvalue weighted by Crippen LogP contribution is -2.49. The fourth-order valence-corrected chi connectivity index (χ4v) is 4.63. The molecule has 0 spiro atoms. The van der Waals surface area contributed by atoms with Crippen LogP contribution in [0, 0.1) is 6.92 Å². The monoisotopic (exact) mass is 533 g/mol. The Balaban J connectivity index is 0.00000300. The Hall–Kier alpha value is -0.740. The van der Waals surface area contributed by atoms with Crippen LogP contribution < -0.4 is 15.5 Å². The van der Waals surface area contributed by atoms with Gasteiger partial charge in [-0.15, -0.1) is 24.0 Å². The van der Waals surface area contributed by atoms with E-state index in [9.17, 15) is 0 Å². The number of halogens is 1. The lowest BCUT2D eigenvalue weighted by molar-refractivity contribution is 0.0794.